The van der Waals surface area contributed by atoms with E-state index in [0.717, 1.165) is 17.2 Å². The van der Waals surface area contributed by atoms with Crippen LogP contribution in [0.15, 0.2) is 52.5 Å². The second-order valence-corrected chi connectivity index (χ2v) is 4.71. The first kappa shape index (κ1) is 13.4. The van der Waals surface area contributed by atoms with Crippen LogP contribution in [0.1, 0.15) is 11.1 Å². The van der Waals surface area contributed by atoms with Gasteiger partial charge in [0.15, 0.2) is 0 Å². The molecule has 0 fully saturated rings. The van der Waals surface area contributed by atoms with Crippen molar-refractivity contribution >= 4 is 11.8 Å². The molecule has 0 radical (unpaired) electrons. The molecule has 0 amide bonds. The van der Waals surface area contributed by atoms with Crippen LogP contribution >= 0.6 is 11.8 Å². The van der Waals surface area contributed by atoms with Gasteiger partial charge in [-0.2, -0.15) is 18.4 Å². The van der Waals surface area contributed by atoms with Crippen LogP contribution in [0, 0.1) is 11.3 Å². The molecule has 2 rings (SSSR count). The zero-order valence-electron chi connectivity index (χ0n) is 9.48. The minimum atomic E-state index is -4.37. The average Bonchev–Trinajstić information content (AvgIpc) is 2.39. The van der Waals surface area contributed by atoms with Gasteiger partial charge in [-0.05, 0) is 36.4 Å². The molecule has 1 aromatic heterocycles. The van der Waals surface area contributed by atoms with Crippen molar-refractivity contribution < 1.29 is 13.2 Å². The van der Waals surface area contributed by atoms with E-state index in [4.69, 9.17) is 5.26 Å². The van der Waals surface area contributed by atoms with Crippen LogP contribution in [0.3, 0.4) is 0 Å². The first-order valence-corrected chi connectivity index (χ1v) is 6.02. The molecule has 0 spiro atoms. The largest absolute Gasteiger partial charge is 0.417 e. The molecule has 0 unspecified atom stereocenters. The van der Waals surface area contributed by atoms with Gasteiger partial charge < -0.3 is 0 Å². The van der Waals surface area contributed by atoms with Gasteiger partial charge in [0, 0.05) is 11.1 Å². The number of pyridine rings is 1. The molecular weight excluding hydrogens is 273 g/mol. The summed E-state index contributed by atoms with van der Waals surface area (Å²) in [4.78, 5) is 4.57. The van der Waals surface area contributed by atoms with Gasteiger partial charge in [-0.1, -0.05) is 11.8 Å². The van der Waals surface area contributed by atoms with Crippen molar-refractivity contribution in [2.75, 3.05) is 0 Å². The number of alkyl halides is 3. The molecule has 19 heavy (non-hydrogen) atoms. The highest BCUT2D eigenvalue weighted by atomic mass is 32.2. The molecule has 0 aliphatic heterocycles. The van der Waals surface area contributed by atoms with Crippen molar-refractivity contribution in [2.24, 2.45) is 0 Å². The van der Waals surface area contributed by atoms with Crippen LogP contribution in [-0.4, -0.2) is 4.98 Å². The molecular formula is C13H7F3N2S. The molecule has 6 heteroatoms. The molecule has 0 aliphatic carbocycles. The van der Waals surface area contributed by atoms with E-state index in [9.17, 15) is 13.2 Å². The maximum Gasteiger partial charge on any atom is 0.417 e. The number of nitriles is 1. The van der Waals surface area contributed by atoms with Gasteiger partial charge in [-0.25, -0.2) is 4.98 Å². The van der Waals surface area contributed by atoms with Crippen LogP contribution in [0.2, 0.25) is 0 Å². The summed E-state index contributed by atoms with van der Waals surface area (Å²) in [6, 6.07) is 11.1. The summed E-state index contributed by atoms with van der Waals surface area (Å²) in [5, 5.41) is 9.12. The van der Waals surface area contributed by atoms with Crippen molar-refractivity contribution in [2.45, 2.75) is 16.1 Å². The maximum absolute atomic E-state index is 12.4. The van der Waals surface area contributed by atoms with Crippen molar-refractivity contribution in [3.05, 3.63) is 53.7 Å². The number of aromatic nitrogens is 1. The lowest BCUT2D eigenvalue weighted by molar-refractivity contribution is -0.137. The lowest BCUT2D eigenvalue weighted by Gasteiger charge is -2.06. The molecule has 0 N–H and O–H groups in total. The molecule has 1 aromatic carbocycles. The summed E-state index contributed by atoms with van der Waals surface area (Å²) in [5.74, 6) is 0. The molecule has 96 valence electrons. The zero-order valence-corrected chi connectivity index (χ0v) is 10.3. The highest BCUT2D eigenvalue weighted by molar-refractivity contribution is 7.99. The molecule has 1 heterocycles. The van der Waals surface area contributed by atoms with E-state index in [2.05, 4.69) is 4.98 Å². The minimum Gasteiger partial charge on any atom is -0.249 e. The SMILES string of the molecule is N#Cc1ccc(Sc2ccc(C(F)(F)F)cn2)cc1. The Morgan fingerprint density at radius 3 is 2.21 bits per heavy atom. The average molecular weight is 280 g/mol. The van der Waals surface area contributed by atoms with Gasteiger partial charge >= 0.3 is 6.18 Å². The lowest BCUT2D eigenvalue weighted by atomic mass is 10.2. The fourth-order valence-electron chi connectivity index (χ4n) is 1.33. The Bertz CT molecular complexity index is 598. The van der Waals surface area contributed by atoms with Crippen LogP contribution < -0.4 is 0 Å². The Morgan fingerprint density at radius 1 is 1.05 bits per heavy atom. The van der Waals surface area contributed by atoms with Gasteiger partial charge in [-0.15, -0.1) is 0 Å². The lowest BCUT2D eigenvalue weighted by Crippen LogP contribution is -2.04. The van der Waals surface area contributed by atoms with Crippen molar-refractivity contribution in [1.29, 1.82) is 5.26 Å². The predicted octanol–water partition coefficient (Wildman–Crippen LogP) is 4.12. The second kappa shape index (κ2) is 5.33. The van der Waals surface area contributed by atoms with E-state index in [1.165, 1.54) is 17.8 Å². The summed E-state index contributed by atoms with van der Waals surface area (Å²) >= 11 is 1.24. The van der Waals surface area contributed by atoms with Crippen LogP contribution in [0.25, 0.3) is 0 Å². The van der Waals surface area contributed by atoms with E-state index < -0.39 is 11.7 Å². The van der Waals surface area contributed by atoms with Gasteiger partial charge in [0.05, 0.1) is 17.2 Å². The van der Waals surface area contributed by atoms with E-state index in [1.807, 2.05) is 6.07 Å². The van der Waals surface area contributed by atoms with Gasteiger partial charge in [0.25, 0.3) is 0 Å². The minimum absolute atomic E-state index is 0.470. The highest BCUT2D eigenvalue weighted by Crippen LogP contribution is 2.31. The molecule has 0 atom stereocenters. The first-order chi connectivity index (χ1) is 8.99. The first-order valence-electron chi connectivity index (χ1n) is 5.20. The highest BCUT2D eigenvalue weighted by Gasteiger charge is 2.30. The fourth-order valence-corrected chi connectivity index (χ4v) is 2.08. The summed E-state index contributed by atoms with van der Waals surface area (Å²) in [6.45, 7) is 0. The van der Waals surface area contributed by atoms with Gasteiger partial charge in [0.1, 0.15) is 5.03 Å². The van der Waals surface area contributed by atoms with E-state index >= 15 is 0 Å². The van der Waals surface area contributed by atoms with Gasteiger partial charge in [-0.3, -0.25) is 0 Å². The second-order valence-electron chi connectivity index (χ2n) is 3.62. The third-order valence-electron chi connectivity index (χ3n) is 2.27. The number of hydrogen-bond donors (Lipinski definition) is 0. The predicted molar refractivity (Wildman–Crippen MR) is 64.5 cm³/mol. The summed E-state index contributed by atoms with van der Waals surface area (Å²) in [5.41, 5.74) is -0.235. The molecule has 2 nitrogen and oxygen atoms in total. The summed E-state index contributed by atoms with van der Waals surface area (Å²) in [6.07, 6.45) is -3.56. The number of rotatable bonds is 2. The monoisotopic (exact) mass is 280 g/mol. The van der Waals surface area contributed by atoms with E-state index in [1.54, 1.807) is 24.3 Å². The van der Waals surface area contributed by atoms with Crippen LogP contribution in [0.4, 0.5) is 13.2 Å². The van der Waals surface area contributed by atoms with Gasteiger partial charge in [0.2, 0.25) is 0 Å². The smallest absolute Gasteiger partial charge is 0.249 e. The Morgan fingerprint density at radius 2 is 1.74 bits per heavy atom. The molecule has 0 aliphatic rings. The molecule has 0 saturated heterocycles. The normalized spacial score (nSPS) is 11.1. The number of hydrogen-bond acceptors (Lipinski definition) is 3. The fraction of sp³-hybridized carbons (Fsp3) is 0.0769. The Hall–Kier alpha value is -2.00. The molecule has 0 saturated carbocycles. The molecule has 2 aromatic rings. The topological polar surface area (TPSA) is 36.7 Å². The van der Waals surface area contributed by atoms with Crippen LogP contribution in [-0.2, 0) is 6.18 Å². The molecule has 0 bridgehead atoms. The summed E-state index contributed by atoms with van der Waals surface area (Å²) < 4.78 is 37.1. The Kier molecular flexibility index (Phi) is 3.76. The summed E-state index contributed by atoms with van der Waals surface area (Å²) in [7, 11) is 0. The maximum atomic E-state index is 12.4. The van der Waals surface area contributed by atoms with Crippen LogP contribution in [0.5, 0.6) is 0 Å². The third kappa shape index (κ3) is 3.48. The van der Waals surface area contributed by atoms with Crippen molar-refractivity contribution in [3.8, 4) is 6.07 Å². The quantitative estimate of drug-likeness (QED) is 0.830. The zero-order chi connectivity index (χ0) is 13.9. The Balaban J connectivity index is 2.13. The standard InChI is InChI=1S/C13H7F3N2S/c14-13(15,16)10-3-6-12(18-8-10)19-11-4-1-9(7-17)2-5-11/h1-6,8H. The Labute approximate surface area is 111 Å². The number of halogens is 3. The number of benzene rings is 1. The van der Waals surface area contributed by atoms with Crippen molar-refractivity contribution in [3.63, 3.8) is 0 Å². The third-order valence-corrected chi connectivity index (χ3v) is 3.23. The van der Waals surface area contributed by atoms with E-state index in [0.29, 0.717) is 10.6 Å². The van der Waals surface area contributed by atoms with Crippen molar-refractivity contribution in [1.82, 2.24) is 4.98 Å². The van der Waals surface area contributed by atoms with E-state index in [-0.39, 0.29) is 0 Å². The number of nitrogens with zero attached hydrogens (tertiary/aromatic N) is 2.